The lowest BCUT2D eigenvalue weighted by atomic mass is 10.3. The first-order valence-corrected chi connectivity index (χ1v) is 5.57. The average Bonchev–Trinajstić information content (AvgIpc) is 2.72. The van der Waals surface area contributed by atoms with E-state index in [2.05, 4.69) is 11.8 Å². The Morgan fingerprint density at radius 1 is 1.62 bits per heavy atom. The molecule has 16 heavy (non-hydrogen) atoms. The van der Waals surface area contributed by atoms with Gasteiger partial charge in [-0.2, -0.15) is 0 Å². The number of carbonyl (C=O) groups is 1. The molecular formula is C12H17NO3. The quantitative estimate of drug-likeness (QED) is 0.830. The first kappa shape index (κ1) is 11.2. The second kappa shape index (κ2) is 4.29. The van der Waals surface area contributed by atoms with E-state index in [0.29, 0.717) is 12.3 Å². The van der Waals surface area contributed by atoms with Crippen LogP contribution in [0.2, 0.25) is 0 Å². The Balaban J connectivity index is 1.85. The van der Waals surface area contributed by atoms with Crippen LogP contribution in [0.4, 0.5) is 0 Å². The highest BCUT2D eigenvalue weighted by Gasteiger charge is 2.33. The maximum absolute atomic E-state index is 10.6. The molecule has 0 radical (unpaired) electrons. The van der Waals surface area contributed by atoms with Crippen LogP contribution in [0.5, 0.6) is 0 Å². The normalized spacial score (nSPS) is 23.7. The van der Waals surface area contributed by atoms with Crippen molar-refractivity contribution in [3.63, 3.8) is 0 Å². The lowest BCUT2D eigenvalue weighted by Gasteiger charge is -2.14. The molecule has 4 heteroatoms. The van der Waals surface area contributed by atoms with E-state index in [-0.39, 0.29) is 5.76 Å². The minimum Gasteiger partial charge on any atom is -0.475 e. The molecule has 1 heterocycles. The van der Waals surface area contributed by atoms with Crippen LogP contribution in [-0.2, 0) is 6.54 Å². The van der Waals surface area contributed by atoms with Crippen LogP contribution in [0, 0.1) is 11.8 Å². The summed E-state index contributed by atoms with van der Waals surface area (Å²) in [5, 5.41) is 8.72. The number of hydrogen-bond acceptors (Lipinski definition) is 3. The van der Waals surface area contributed by atoms with Crippen LogP contribution in [0.3, 0.4) is 0 Å². The third-order valence-electron chi connectivity index (χ3n) is 3.12. The predicted octanol–water partition coefficient (Wildman–Crippen LogP) is 2.07. The second-order valence-corrected chi connectivity index (χ2v) is 4.74. The molecule has 1 fully saturated rings. The van der Waals surface area contributed by atoms with Crippen LogP contribution < -0.4 is 0 Å². The molecule has 2 atom stereocenters. The molecule has 2 unspecified atom stereocenters. The van der Waals surface area contributed by atoms with Crippen molar-refractivity contribution in [3.8, 4) is 0 Å². The summed E-state index contributed by atoms with van der Waals surface area (Å²) < 4.78 is 5.20. The Bertz CT molecular complexity index is 385. The first-order chi connectivity index (χ1) is 7.56. The van der Waals surface area contributed by atoms with Gasteiger partial charge in [-0.1, -0.05) is 6.92 Å². The van der Waals surface area contributed by atoms with Gasteiger partial charge in [0.15, 0.2) is 0 Å². The van der Waals surface area contributed by atoms with Gasteiger partial charge in [0, 0.05) is 6.54 Å². The average molecular weight is 223 g/mol. The van der Waals surface area contributed by atoms with Crippen molar-refractivity contribution in [2.75, 3.05) is 13.6 Å². The number of furan rings is 1. The van der Waals surface area contributed by atoms with Crippen molar-refractivity contribution in [3.05, 3.63) is 23.7 Å². The van der Waals surface area contributed by atoms with Crippen LogP contribution in [0.25, 0.3) is 0 Å². The van der Waals surface area contributed by atoms with Crippen LogP contribution in [-0.4, -0.2) is 29.6 Å². The van der Waals surface area contributed by atoms with E-state index >= 15 is 0 Å². The molecule has 1 aromatic rings. The fourth-order valence-electron chi connectivity index (χ4n) is 1.96. The number of hydrogen-bond donors (Lipinski definition) is 1. The number of rotatable bonds is 5. The molecule has 1 aliphatic rings. The van der Waals surface area contributed by atoms with E-state index in [1.54, 1.807) is 6.07 Å². The Morgan fingerprint density at radius 3 is 2.81 bits per heavy atom. The third kappa shape index (κ3) is 2.64. The monoisotopic (exact) mass is 223 g/mol. The summed E-state index contributed by atoms with van der Waals surface area (Å²) in [5.74, 6) is 1.37. The summed E-state index contributed by atoms with van der Waals surface area (Å²) >= 11 is 0. The molecule has 1 aliphatic carbocycles. The Morgan fingerprint density at radius 2 is 2.31 bits per heavy atom. The number of carboxylic acid groups (broad SMARTS) is 1. The van der Waals surface area contributed by atoms with E-state index in [1.165, 1.54) is 12.5 Å². The molecule has 2 rings (SSSR count). The van der Waals surface area contributed by atoms with Crippen LogP contribution in [0.15, 0.2) is 16.5 Å². The van der Waals surface area contributed by atoms with Crippen LogP contribution >= 0.6 is 0 Å². The SMILES string of the molecule is CC1CC1CN(C)Cc1ccc(C(=O)O)o1. The lowest BCUT2D eigenvalue weighted by molar-refractivity contribution is 0.0658. The van der Waals surface area contributed by atoms with E-state index in [0.717, 1.165) is 18.4 Å². The maximum Gasteiger partial charge on any atom is 0.371 e. The summed E-state index contributed by atoms with van der Waals surface area (Å²) in [6.07, 6.45) is 1.31. The third-order valence-corrected chi connectivity index (χ3v) is 3.12. The van der Waals surface area contributed by atoms with Crippen LogP contribution in [0.1, 0.15) is 29.7 Å². The van der Waals surface area contributed by atoms with E-state index in [1.807, 2.05) is 7.05 Å². The van der Waals surface area contributed by atoms with E-state index < -0.39 is 5.97 Å². The number of carboxylic acids is 1. The zero-order valence-corrected chi connectivity index (χ0v) is 9.64. The highest BCUT2D eigenvalue weighted by Crippen LogP contribution is 2.38. The maximum atomic E-state index is 10.6. The molecule has 88 valence electrons. The van der Waals surface area contributed by atoms with Gasteiger partial charge < -0.3 is 9.52 Å². The van der Waals surface area contributed by atoms with Crippen molar-refractivity contribution in [1.29, 1.82) is 0 Å². The predicted molar refractivity (Wildman–Crippen MR) is 59.3 cm³/mol. The Kier molecular flexibility index (Phi) is 3.01. The molecule has 0 spiro atoms. The fourth-order valence-corrected chi connectivity index (χ4v) is 1.96. The van der Waals surface area contributed by atoms with Gasteiger partial charge in [0.2, 0.25) is 5.76 Å². The molecule has 1 aromatic heterocycles. The zero-order chi connectivity index (χ0) is 11.7. The van der Waals surface area contributed by atoms with Gasteiger partial charge in [0.1, 0.15) is 5.76 Å². The summed E-state index contributed by atoms with van der Waals surface area (Å²) in [6, 6.07) is 3.24. The fraction of sp³-hybridized carbons (Fsp3) is 0.583. The Hall–Kier alpha value is -1.29. The molecule has 1 N–H and O–H groups in total. The van der Waals surface area contributed by atoms with Crippen molar-refractivity contribution in [1.82, 2.24) is 4.90 Å². The van der Waals surface area contributed by atoms with Gasteiger partial charge in [-0.3, -0.25) is 4.90 Å². The highest BCUT2D eigenvalue weighted by atomic mass is 16.4. The van der Waals surface area contributed by atoms with Crippen molar-refractivity contribution in [2.45, 2.75) is 19.9 Å². The smallest absolute Gasteiger partial charge is 0.371 e. The van der Waals surface area contributed by atoms with E-state index in [4.69, 9.17) is 9.52 Å². The summed E-state index contributed by atoms with van der Waals surface area (Å²) in [5.41, 5.74) is 0. The van der Waals surface area contributed by atoms with Gasteiger partial charge in [0.05, 0.1) is 6.54 Å². The number of aromatic carboxylic acids is 1. The van der Waals surface area contributed by atoms with Crippen molar-refractivity contribution < 1.29 is 14.3 Å². The standard InChI is InChI=1S/C12H17NO3/c1-8-5-9(8)6-13(2)7-10-3-4-11(16-10)12(14)15/h3-4,8-9H,5-7H2,1-2H3,(H,14,15). The molecule has 0 bridgehead atoms. The second-order valence-electron chi connectivity index (χ2n) is 4.74. The van der Waals surface area contributed by atoms with Crippen molar-refractivity contribution >= 4 is 5.97 Å². The summed E-state index contributed by atoms with van der Waals surface area (Å²) in [6.45, 7) is 3.99. The molecule has 0 amide bonds. The molecule has 0 aliphatic heterocycles. The molecule has 0 saturated heterocycles. The molecule has 4 nitrogen and oxygen atoms in total. The van der Waals surface area contributed by atoms with Crippen molar-refractivity contribution in [2.24, 2.45) is 11.8 Å². The minimum atomic E-state index is -1.01. The summed E-state index contributed by atoms with van der Waals surface area (Å²) in [7, 11) is 2.04. The van der Waals surface area contributed by atoms with Gasteiger partial charge in [0.25, 0.3) is 0 Å². The highest BCUT2D eigenvalue weighted by molar-refractivity contribution is 5.84. The number of nitrogens with zero attached hydrogens (tertiary/aromatic N) is 1. The van der Waals surface area contributed by atoms with E-state index in [9.17, 15) is 4.79 Å². The van der Waals surface area contributed by atoms with Gasteiger partial charge in [-0.25, -0.2) is 4.79 Å². The first-order valence-electron chi connectivity index (χ1n) is 5.57. The van der Waals surface area contributed by atoms with Gasteiger partial charge in [-0.05, 0) is 37.4 Å². The topological polar surface area (TPSA) is 53.7 Å². The van der Waals surface area contributed by atoms with Gasteiger partial charge in [-0.15, -0.1) is 0 Å². The summed E-state index contributed by atoms with van der Waals surface area (Å²) in [4.78, 5) is 12.8. The molecule has 0 aromatic carbocycles. The lowest BCUT2D eigenvalue weighted by Crippen LogP contribution is -2.20. The zero-order valence-electron chi connectivity index (χ0n) is 9.64. The van der Waals surface area contributed by atoms with Gasteiger partial charge >= 0.3 is 5.97 Å². The molecule has 1 saturated carbocycles. The minimum absolute atomic E-state index is 0.0168. The molecular weight excluding hydrogens is 206 g/mol. The Labute approximate surface area is 94.9 Å². The largest absolute Gasteiger partial charge is 0.475 e.